The maximum absolute atomic E-state index is 5.86. The molecule has 1 N–H and O–H groups in total. The van der Waals surface area contributed by atoms with E-state index in [4.69, 9.17) is 9.47 Å². The largest absolute Gasteiger partial charge is 0.477 e. The molecule has 18 heavy (non-hydrogen) atoms. The second-order valence-electron chi connectivity index (χ2n) is 4.48. The van der Waals surface area contributed by atoms with Crippen molar-refractivity contribution in [3.05, 3.63) is 11.9 Å². The van der Waals surface area contributed by atoms with E-state index in [1.165, 1.54) is 0 Å². The van der Waals surface area contributed by atoms with E-state index in [9.17, 15) is 0 Å². The van der Waals surface area contributed by atoms with E-state index < -0.39 is 0 Å². The Kier molecular flexibility index (Phi) is 4.75. The minimum absolute atomic E-state index is 0.580. The minimum atomic E-state index is 0.580. The average molecular weight is 251 g/mol. The van der Waals surface area contributed by atoms with Gasteiger partial charge in [-0.3, -0.25) is 0 Å². The first kappa shape index (κ1) is 13.1. The van der Waals surface area contributed by atoms with Gasteiger partial charge in [0.1, 0.15) is 12.1 Å². The zero-order valence-electron chi connectivity index (χ0n) is 11.1. The lowest BCUT2D eigenvalue weighted by atomic mass is 10.0. The highest BCUT2D eigenvalue weighted by Gasteiger charge is 2.16. The Labute approximate surface area is 108 Å². The Bertz CT molecular complexity index is 378. The van der Waals surface area contributed by atoms with Crippen LogP contribution in [0.3, 0.4) is 0 Å². The van der Waals surface area contributed by atoms with Crippen LogP contribution in [0.2, 0.25) is 0 Å². The Balaban J connectivity index is 1.99. The fourth-order valence-corrected chi connectivity index (χ4v) is 2.16. The van der Waals surface area contributed by atoms with E-state index in [2.05, 4.69) is 22.2 Å². The summed E-state index contributed by atoms with van der Waals surface area (Å²) in [5, 5.41) is 3.07. The van der Waals surface area contributed by atoms with Crippen molar-refractivity contribution in [2.24, 2.45) is 5.92 Å². The van der Waals surface area contributed by atoms with Crippen molar-refractivity contribution in [3.8, 4) is 5.88 Å². The van der Waals surface area contributed by atoms with Crippen molar-refractivity contribution in [3.63, 3.8) is 0 Å². The summed E-state index contributed by atoms with van der Waals surface area (Å²) in [5.41, 5.74) is 1.05. The van der Waals surface area contributed by atoms with Crippen LogP contribution >= 0.6 is 0 Å². The van der Waals surface area contributed by atoms with Gasteiger partial charge in [0, 0.05) is 20.3 Å². The van der Waals surface area contributed by atoms with Gasteiger partial charge in [-0.05, 0) is 25.2 Å². The van der Waals surface area contributed by atoms with Crippen molar-refractivity contribution in [1.82, 2.24) is 9.97 Å². The maximum Gasteiger partial charge on any atom is 0.221 e. The zero-order valence-corrected chi connectivity index (χ0v) is 11.1. The quantitative estimate of drug-likeness (QED) is 0.866. The smallest absolute Gasteiger partial charge is 0.221 e. The number of nitrogens with one attached hydrogen (secondary N) is 1. The number of hydrogen-bond acceptors (Lipinski definition) is 5. The van der Waals surface area contributed by atoms with Crippen LogP contribution in [0.4, 0.5) is 5.82 Å². The number of anilines is 1. The molecular formula is C13H21N3O2. The lowest BCUT2D eigenvalue weighted by molar-refractivity contribution is 0.0489. The molecule has 1 saturated heterocycles. The van der Waals surface area contributed by atoms with Crippen LogP contribution in [0.5, 0.6) is 5.88 Å². The van der Waals surface area contributed by atoms with Crippen LogP contribution in [0, 0.1) is 5.92 Å². The first-order valence-corrected chi connectivity index (χ1v) is 6.57. The van der Waals surface area contributed by atoms with Gasteiger partial charge in [-0.2, -0.15) is 0 Å². The van der Waals surface area contributed by atoms with Gasteiger partial charge in [0.15, 0.2) is 0 Å². The number of nitrogens with zero attached hydrogens (tertiary/aromatic N) is 2. The molecule has 100 valence electrons. The molecule has 0 saturated carbocycles. The van der Waals surface area contributed by atoms with Crippen LogP contribution in [0.1, 0.15) is 25.3 Å². The van der Waals surface area contributed by atoms with Crippen LogP contribution in [-0.4, -0.2) is 36.8 Å². The third kappa shape index (κ3) is 3.10. The second kappa shape index (κ2) is 6.54. The third-order valence-electron chi connectivity index (χ3n) is 3.29. The lowest BCUT2D eigenvalue weighted by Crippen LogP contribution is -2.22. The lowest BCUT2D eigenvalue weighted by Gasteiger charge is -2.22. The third-order valence-corrected chi connectivity index (χ3v) is 3.29. The zero-order chi connectivity index (χ0) is 12.8. The van der Waals surface area contributed by atoms with Crippen LogP contribution in [0.15, 0.2) is 6.33 Å². The van der Waals surface area contributed by atoms with E-state index in [0.717, 1.165) is 50.5 Å². The van der Waals surface area contributed by atoms with Gasteiger partial charge in [0.25, 0.3) is 0 Å². The van der Waals surface area contributed by atoms with Gasteiger partial charge in [-0.1, -0.05) is 6.92 Å². The molecule has 0 bridgehead atoms. The van der Waals surface area contributed by atoms with E-state index in [1.807, 2.05) is 7.05 Å². The molecule has 0 atom stereocenters. The Morgan fingerprint density at radius 3 is 2.83 bits per heavy atom. The topological polar surface area (TPSA) is 56.3 Å². The molecule has 0 unspecified atom stereocenters. The summed E-state index contributed by atoms with van der Waals surface area (Å²) in [4.78, 5) is 8.44. The predicted molar refractivity (Wildman–Crippen MR) is 70.0 cm³/mol. The number of hydrogen-bond donors (Lipinski definition) is 1. The van der Waals surface area contributed by atoms with Gasteiger partial charge in [0.05, 0.1) is 12.2 Å². The molecule has 0 radical (unpaired) electrons. The van der Waals surface area contributed by atoms with Crippen molar-refractivity contribution < 1.29 is 9.47 Å². The molecule has 1 aromatic heterocycles. The molecule has 1 aliphatic rings. The highest BCUT2D eigenvalue weighted by molar-refractivity contribution is 5.48. The molecule has 0 aliphatic carbocycles. The Morgan fingerprint density at radius 2 is 2.17 bits per heavy atom. The van der Waals surface area contributed by atoms with Crippen LogP contribution in [0.25, 0.3) is 0 Å². The molecule has 0 amide bonds. The summed E-state index contributed by atoms with van der Waals surface area (Å²) in [6, 6.07) is 0. The van der Waals surface area contributed by atoms with E-state index >= 15 is 0 Å². The van der Waals surface area contributed by atoms with Gasteiger partial charge >= 0.3 is 0 Å². The number of aromatic nitrogens is 2. The van der Waals surface area contributed by atoms with Crippen LogP contribution < -0.4 is 10.1 Å². The fourth-order valence-electron chi connectivity index (χ4n) is 2.16. The summed E-state index contributed by atoms with van der Waals surface area (Å²) < 4.78 is 11.2. The van der Waals surface area contributed by atoms with E-state index in [-0.39, 0.29) is 0 Å². The number of ether oxygens (including phenoxy) is 2. The van der Waals surface area contributed by atoms with Crippen molar-refractivity contribution in [2.75, 3.05) is 32.2 Å². The summed E-state index contributed by atoms with van der Waals surface area (Å²) in [6.45, 7) is 4.50. The molecule has 5 nitrogen and oxygen atoms in total. The van der Waals surface area contributed by atoms with Gasteiger partial charge in [0.2, 0.25) is 5.88 Å². The molecule has 5 heteroatoms. The summed E-state index contributed by atoms with van der Waals surface area (Å²) >= 11 is 0. The standard InChI is InChI=1S/C13H21N3O2/c1-3-11-12(14-2)15-9-16-13(11)18-8-10-4-6-17-7-5-10/h9-10H,3-8H2,1-2H3,(H,14,15,16). The Hall–Kier alpha value is -1.36. The SMILES string of the molecule is CCc1c(NC)ncnc1OCC1CCOCC1. The molecule has 0 aromatic carbocycles. The van der Waals surface area contributed by atoms with Crippen LogP contribution in [-0.2, 0) is 11.2 Å². The average Bonchev–Trinajstić information content (AvgIpc) is 2.45. The maximum atomic E-state index is 5.86. The highest BCUT2D eigenvalue weighted by atomic mass is 16.5. The molecule has 1 aliphatic heterocycles. The van der Waals surface area contributed by atoms with Gasteiger partial charge in [-0.15, -0.1) is 0 Å². The Morgan fingerprint density at radius 1 is 1.39 bits per heavy atom. The predicted octanol–water partition coefficient (Wildman–Crippen LogP) is 1.89. The molecular weight excluding hydrogens is 230 g/mol. The van der Waals surface area contributed by atoms with Crippen molar-refractivity contribution in [1.29, 1.82) is 0 Å². The first-order valence-electron chi connectivity index (χ1n) is 6.57. The molecule has 2 heterocycles. The monoisotopic (exact) mass is 251 g/mol. The van der Waals surface area contributed by atoms with Gasteiger partial charge in [-0.25, -0.2) is 9.97 Å². The van der Waals surface area contributed by atoms with E-state index in [0.29, 0.717) is 11.8 Å². The second-order valence-corrected chi connectivity index (χ2v) is 4.48. The van der Waals surface area contributed by atoms with Crippen molar-refractivity contribution >= 4 is 5.82 Å². The first-order chi connectivity index (χ1) is 8.85. The minimum Gasteiger partial charge on any atom is -0.477 e. The summed E-state index contributed by atoms with van der Waals surface area (Å²) in [6.07, 6.45) is 4.56. The molecule has 0 spiro atoms. The molecule has 1 aromatic rings. The molecule has 2 rings (SSSR count). The van der Waals surface area contributed by atoms with Gasteiger partial charge < -0.3 is 14.8 Å². The van der Waals surface area contributed by atoms with E-state index in [1.54, 1.807) is 6.33 Å². The molecule has 1 fully saturated rings. The fraction of sp³-hybridized carbons (Fsp3) is 0.692. The highest BCUT2D eigenvalue weighted by Crippen LogP contribution is 2.23. The normalized spacial score (nSPS) is 16.6. The van der Waals surface area contributed by atoms with Crippen molar-refractivity contribution in [2.45, 2.75) is 26.2 Å². The summed E-state index contributed by atoms with van der Waals surface area (Å²) in [7, 11) is 1.86. The number of rotatable bonds is 5. The summed E-state index contributed by atoms with van der Waals surface area (Å²) in [5.74, 6) is 2.15.